The molecule has 10 heteroatoms. The van der Waals surface area contributed by atoms with Crippen LogP contribution < -0.4 is 10.6 Å². The van der Waals surface area contributed by atoms with Crippen LogP contribution in [0.15, 0.2) is 53.1 Å². The number of carbonyl (C=O) groups is 2. The summed E-state index contributed by atoms with van der Waals surface area (Å²) in [7, 11) is 2.42. The SMILES string of the molecule is C=C1C(O)=C2C(=O)N3CCOC3C3CC(S)C(=C1C(=O)NCc1ccc(P)cc1F)N23. The number of piperazine rings is 1. The van der Waals surface area contributed by atoms with Gasteiger partial charge < -0.3 is 25.0 Å². The summed E-state index contributed by atoms with van der Waals surface area (Å²) >= 11 is 4.67. The van der Waals surface area contributed by atoms with E-state index < -0.39 is 18.0 Å². The molecule has 162 valence electrons. The molecule has 5 rings (SSSR count). The molecular formula is C21H21FN3O4PS. The second-order valence-corrected chi connectivity index (χ2v) is 9.21. The molecule has 0 radical (unpaired) electrons. The van der Waals surface area contributed by atoms with Gasteiger partial charge in [0.1, 0.15) is 5.82 Å². The lowest BCUT2D eigenvalue weighted by Crippen LogP contribution is -2.57. The van der Waals surface area contributed by atoms with Crippen LogP contribution in [0.25, 0.3) is 0 Å². The maximum atomic E-state index is 14.2. The minimum Gasteiger partial charge on any atom is -0.505 e. The Morgan fingerprint density at radius 1 is 1.45 bits per heavy atom. The minimum atomic E-state index is -0.512. The highest BCUT2D eigenvalue weighted by Crippen LogP contribution is 2.49. The maximum Gasteiger partial charge on any atom is 0.276 e. The topological polar surface area (TPSA) is 82.1 Å². The van der Waals surface area contributed by atoms with Crippen molar-refractivity contribution < 1.29 is 23.8 Å². The van der Waals surface area contributed by atoms with E-state index in [1.165, 1.54) is 6.07 Å². The van der Waals surface area contributed by atoms with Crippen LogP contribution in [0.3, 0.4) is 0 Å². The molecule has 1 aromatic rings. The van der Waals surface area contributed by atoms with Crippen LogP contribution in [-0.4, -0.2) is 57.4 Å². The van der Waals surface area contributed by atoms with Gasteiger partial charge in [-0.25, -0.2) is 4.39 Å². The number of rotatable bonds is 3. The van der Waals surface area contributed by atoms with E-state index >= 15 is 0 Å². The first-order chi connectivity index (χ1) is 14.8. The van der Waals surface area contributed by atoms with Crippen molar-refractivity contribution in [2.45, 2.75) is 30.5 Å². The Morgan fingerprint density at radius 3 is 2.97 bits per heavy atom. The molecule has 7 nitrogen and oxygen atoms in total. The van der Waals surface area contributed by atoms with Gasteiger partial charge in [0.15, 0.2) is 17.7 Å². The van der Waals surface area contributed by atoms with E-state index in [1.54, 1.807) is 21.9 Å². The number of ether oxygens (including phenoxy) is 1. The van der Waals surface area contributed by atoms with E-state index in [9.17, 15) is 19.1 Å². The van der Waals surface area contributed by atoms with Crippen LogP contribution in [0.4, 0.5) is 4.39 Å². The lowest BCUT2D eigenvalue weighted by molar-refractivity contribution is -0.143. The number of amides is 2. The first kappa shape index (κ1) is 20.5. The first-order valence-corrected chi connectivity index (χ1v) is 11.0. The van der Waals surface area contributed by atoms with Gasteiger partial charge >= 0.3 is 0 Å². The lowest BCUT2D eigenvalue weighted by atomic mass is 9.94. The van der Waals surface area contributed by atoms with Crippen molar-refractivity contribution >= 4 is 39.0 Å². The van der Waals surface area contributed by atoms with Crippen molar-refractivity contribution in [1.82, 2.24) is 15.1 Å². The number of fused-ring (bicyclic) bond motifs is 2. The molecule has 3 saturated heterocycles. The molecule has 2 N–H and O–H groups in total. The van der Waals surface area contributed by atoms with Crippen LogP contribution in [0.2, 0.25) is 0 Å². The zero-order valence-corrected chi connectivity index (χ0v) is 18.5. The number of hydrogen-bond acceptors (Lipinski definition) is 6. The van der Waals surface area contributed by atoms with Gasteiger partial charge in [-0.15, -0.1) is 9.24 Å². The van der Waals surface area contributed by atoms with Gasteiger partial charge in [-0.05, 0) is 17.8 Å². The molecule has 4 aliphatic rings. The molecule has 31 heavy (non-hydrogen) atoms. The van der Waals surface area contributed by atoms with Gasteiger partial charge in [-0.3, -0.25) is 9.59 Å². The molecule has 0 saturated carbocycles. The fraction of sp³-hybridized carbons (Fsp3) is 0.333. The van der Waals surface area contributed by atoms with Crippen molar-refractivity contribution in [3.63, 3.8) is 0 Å². The fourth-order valence-electron chi connectivity index (χ4n) is 4.72. The van der Waals surface area contributed by atoms with Crippen LogP contribution >= 0.6 is 21.9 Å². The first-order valence-electron chi connectivity index (χ1n) is 9.88. The van der Waals surface area contributed by atoms with E-state index in [1.807, 2.05) is 0 Å². The Kier molecular flexibility index (Phi) is 4.88. The third-order valence-corrected chi connectivity index (χ3v) is 6.96. The van der Waals surface area contributed by atoms with E-state index in [2.05, 4.69) is 33.8 Å². The van der Waals surface area contributed by atoms with Crippen LogP contribution in [0.5, 0.6) is 0 Å². The summed E-state index contributed by atoms with van der Waals surface area (Å²) in [5.74, 6) is -1.61. The second kappa shape index (κ2) is 7.36. The molecule has 4 unspecified atom stereocenters. The number of nitrogens with zero attached hydrogens (tertiary/aromatic N) is 2. The summed E-state index contributed by atoms with van der Waals surface area (Å²) < 4.78 is 19.9. The van der Waals surface area contributed by atoms with Crippen molar-refractivity contribution in [1.29, 1.82) is 0 Å². The zero-order valence-electron chi connectivity index (χ0n) is 16.5. The standard InChI is InChI=1S/C21H21FN3O4PS/c1-9-15(19(27)23-8-10-2-3-11(30)6-12(10)22)16-14(31)7-13-21-24(4-5-29-21)20(28)17(18(9)26)25(13)16/h2-3,6,13-14,21,26,31H,1,4-5,7-8,30H2,(H,23,27). The van der Waals surface area contributed by atoms with Crippen LogP contribution in [0.1, 0.15) is 12.0 Å². The molecule has 0 bridgehead atoms. The molecule has 4 atom stereocenters. The lowest BCUT2D eigenvalue weighted by Gasteiger charge is -2.44. The fourth-order valence-corrected chi connectivity index (χ4v) is 5.43. The Labute approximate surface area is 186 Å². The van der Waals surface area contributed by atoms with Gasteiger partial charge in [0.2, 0.25) is 0 Å². The normalized spacial score (nSPS) is 27.1. The average Bonchev–Trinajstić information content (AvgIpc) is 3.33. The Balaban J connectivity index is 1.50. The van der Waals surface area contributed by atoms with Crippen molar-refractivity contribution in [2.24, 2.45) is 0 Å². The maximum absolute atomic E-state index is 14.2. The van der Waals surface area contributed by atoms with Crippen molar-refractivity contribution in [2.75, 3.05) is 13.2 Å². The number of carbonyl (C=O) groups excluding carboxylic acids is 2. The van der Waals surface area contributed by atoms with Crippen molar-refractivity contribution in [3.05, 3.63) is 64.5 Å². The highest BCUT2D eigenvalue weighted by atomic mass is 32.1. The summed E-state index contributed by atoms with van der Waals surface area (Å²) in [5.41, 5.74) is 1.19. The number of thiol groups is 1. The highest BCUT2D eigenvalue weighted by molar-refractivity contribution is 7.81. The average molecular weight is 461 g/mol. The third kappa shape index (κ3) is 3.02. The summed E-state index contributed by atoms with van der Waals surface area (Å²) in [4.78, 5) is 29.5. The molecule has 4 heterocycles. The summed E-state index contributed by atoms with van der Waals surface area (Å²) in [5, 5.41) is 13.9. The number of allylic oxidation sites excluding steroid dienone is 1. The van der Waals surface area contributed by atoms with Crippen LogP contribution in [-0.2, 0) is 20.9 Å². The molecule has 3 fully saturated rings. The molecule has 1 aromatic carbocycles. The molecule has 4 aliphatic heterocycles. The van der Waals surface area contributed by atoms with Gasteiger partial charge in [0.25, 0.3) is 11.8 Å². The van der Waals surface area contributed by atoms with Crippen LogP contribution in [0, 0.1) is 5.82 Å². The van der Waals surface area contributed by atoms with E-state index in [4.69, 9.17) is 4.74 Å². The number of aliphatic hydroxyl groups excluding tert-OH is 1. The minimum absolute atomic E-state index is 0.0316. The molecule has 0 aromatic heterocycles. The van der Waals surface area contributed by atoms with Gasteiger partial charge in [-0.1, -0.05) is 18.7 Å². The number of halogens is 1. The predicted molar refractivity (Wildman–Crippen MR) is 118 cm³/mol. The Hall–Kier alpha value is -2.35. The monoisotopic (exact) mass is 461 g/mol. The van der Waals surface area contributed by atoms with Gasteiger partial charge in [0, 0.05) is 35.2 Å². The molecule has 0 spiro atoms. The summed E-state index contributed by atoms with van der Waals surface area (Å²) in [6.45, 7) is 4.71. The highest BCUT2D eigenvalue weighted by Gasteiger charge is 2.56. The quantitative estimate of drug-likeness (QED) is 0.464. The number of nitrogens with one attached hydrogen (secondary N) is 1. The van der Waals surface area contributed by atoms with Gasteiger partial charge in [0.05, 0.1) is 18.2 Å². The molecule has 2 amide bonds. The zero-order chi connectivity index (χ0) is 22.0. The number of hydrogen-bond donors (Lipinski definition) is 3. The van der Waals surface area contributed by atoms with Crippen molar-refractivity contribution in [3.8, 4) is 0 Å². The number of aliphatic hydroxyl groups is 1. The Bertz CT molecular complexity index is 1100. The third-order valence-electron chi connectivity index (χ3n) is 6.14. The van der Waals surface area contributed by atoms with E-state index in [-0.39, 0.29) is 46.3 Å². The van der Waals surface area contributed by atoms with E-state index in [0.717, 1.165) is 0 Å². The largest absolute Gasteiger partial charge is 0.505 e. The second-order valence-electron chi connectivity index (χ2n) is 7.92. The van der Waals surface area contributed by atoms with Gasteiger partial charge in [-0.2, -0.15) is 12.6 Å². The van der Waals surface area contributed by atoms with E-state index in [0.29, 0.717) is 36.1 Å². The molecular weight excluding hydrogens is 440 g/mol. The smallest absolute Gasteiger partial charge is 0.276 e. The number of benzene rings is 1. The summed E-state index contributed by atoms with van der Waals surface area (Å²) in [6.07, 6.45) is 0.0873. The Morgan fingerprint density at radius 2 is 2.23 bits per heavy atom. The predicted octanol–water partition coefficient (Wildman–Crippen LogP) is 1.11. The summed E-state index contributed by atoms with van der Waals surface area (Å²) in [6, 6.07) is 4.45. The molecule has 0 aliphatic carbocycles.